The van der Waals surface area contributed by atoms with Crippen molar-refractivity contribution < 1.29 is 9.50 Å². The van der Waals surface area contributed by atoms with Crippen LogP contribution in [0.4, 0.5) is 4.39 Å². The van der Waals surface area contributed by atoms with Crippen molar-refractivity contribution in [2.45, 2.75) is 26.0 Å². The minimum Gasteiger partial charge on any atom is -0.384 e. The van der Waals surface area contributed by atoms with Crippen LogP contribution in [0.3, 0.4) is 0 Å². The van der Waals surface area contributed by atoms with E-state index in [-0.39, 0.29) is 5.82 Å². The van der Waals surface area contributed by atoms with Crippen LogP contribution < -0.4 is 10.6 Å². The largest absolute Gasteiger partial charge is 0.384 e. The molecule has 0 aliphatic heterocycles. The van der Waals surface area contributed by atoms with Crippen LogP contribution in [0.2, 0.25) is 0 Å². The maximum Gasteiger partial charge on any atom is 0.191 e. The van der Waals surface area contributed by atoms with Crippen LogP contribution >= 0.6 is 11.3 Å². The third-order valence-corrected chi connectivity index (χ3v) is 4.10. The first-order valence-electron chi connectivity index (χ1n) is 7.53. The van der Waals surface area contributed by atoms with Crippen LogP contribution in [0.15, 0.2) is 46.1 Å². The minimum absolute atomic E-state index is 0.255. The standard InChI is InChI=1S/C17H22FN3OS/c1-3-19-16(20-10-13-4-6-15(18)7-5-13)21-12-17(2,22)14-8-9-23-11-14/h4-9,11,22H,3,10,12H2,1-2H3,(H2,19,20,21). The van der Waals surface area contributed by atoms with Crippen LogP contribution in [-0.4, -0.2) is 24.2 Å². The molecule has 0 radical (unpaired) electrons. The van der Waals surface area contributed by atoms with Gasteiger partial charge in [-0.2, -0.15) is 11.3 Å². The van der Waals surface area contributed by atoms with Gasteiger partial charge in [-0.05, 0) is 53.9 Å². The van der Waals surface area contributed by atoms with Crippen LogP contribution in [0.5, 0.6) is 0 Å². The van der Waals surface area contributed by atoms with Gasteiger partial charge in [0.2, 0.25) is 0 Å². The van der Waals surface area contributed by atoms with Crippen LogP contribution in [0.25, 0.3) is 0 Å². The van der Waals surface area contributed by atoms with Crippen molar-refractivity contribution in [2.75, 3.05) is 13.1 Å². The fourth-order valence-corrected chi connectivity index (χ4v) is 2.81. The van der Waals surface area contributed by atoms with E-state index in [0.717, 1.165) is 17.7 Å². The number of hydrogen-bond donors (Lipinski definition) is 3. The van der Waals surface area contributed by atoms with Crippen molar-refractivity contribution in [2.24, 2.45) is 4.99 Å². The van der Waals surface area contributed by atoms with E-state index < -0.39 is 5.60 Å². The zero-order chi connectivity index (χ0) is 16.7. The molecule has 2 aromatic rings. The highest BCUT2D eigenvalue weighted by atomic mass is 32.1. The molecule has 1 atom stereocenters. The molecule has 0 aliphatic carbocycles. The maximum atomic E-state index is 12.9. The van der Waals surface area contributed by atoms with E-state index in [4.69, 9.17) is 0 Å². The molecule has 3 N–H and O–H groups in total. The van der Waals surface area contributed by atoms with E-state index in [2.05, 4.69) is 15.6 Å². The molecular weight excluding hydrogens is 313 g/mol. The van der Waals surface area contributed by atoms with Crippen molar-refractivity contribution in [3.05, 3.63) is 58.0 Å². The first-order chi connectivity index (χ1) is 11.0. The Balaban J connectivity index is 1.97. The Morgan fingerprint density at radius 2 is 2.00 bits per heavy atom. The second-order valence-corrected chi connectivity index (χ2v) is 6.24. The molecule has 124 valence electrons. The molecule has 4 nitrogen and oxygen atoms in total. The smallest absolute Gasteiger partial charge is 0.191 e. The van der Waals surface area contributed by atoms with Gasteiger partial charge >= 0.3 is 0 Å². The number of nitrogens with one attached hydrogen (secondary N) is 2. The Bertz CT molecular complexity index is 624. The molecule has 0 saturated heterocycles. The Morgan fingerprint density at radius 1 is 1.26 bits per heavy atom. The molecule has 23 heavy (non-hydrogen) atoms. The number of hydrogen-bond acceptors (Lipinski definition) is 3. The van der Waals surface area contributed by atoms with Crippen LogP contribution in [0.1, 0.15) is 25.0 Å². The van der Waals surface area contributed by atoms with Crippen LogP contribution in [0, 0.1) is 5.82 Å². The quantitative estimate of drug-likeness (QED) is 0.562. The summed E-state index contributed by atoms with van der Waals surface area (Å²) in [6.07, 6.45) is 0. The van der Waals surface area contributed by atoms with Gasteiger partial charge in [-0.25, -0.2) is 9.38 Å². The summed E-state index contributed by atoms with van der Waals surface area (Å²) in [6.45, 7) is 5.25. The summed E-state index contributed by atoms with van der Waals surface area (Å²) in [5.74, 6) is 0.363. The van der Waals surface area contributed by atoms with Gasteiger partial charge in [0.1, 0.15) is 11.4 Å². The third-order valence-electron chi connectivity index (χ3n) is 3.42. The van der Waals surface area contributed by atoms with Crippen LogP contribution in [-0.2, 0) is 12.1 Å². The van der Waals surface area contributed by atoms with E-state index >= 15 is 0 Å². The van der Waals surface area contributed by atoms with Gasteiger partial charge in [0.15, 0.2) is 5.96 Å². The molecule has 0 fully saturated rings. The summed E-state index contributed by atoms with van der Waals surface area (Å²) in [4.78, 5) is 4.46. The average molecular weight is 335 g/mol. The lowest BCUT2D eigenvalue weighted by molar-refractivity contribution is 0.0621. The molecule has 0 aliphatic rings. The lowest BCUT2D eigenvalue weighted by Gasteiger charge is -2.24. The van der Waals surface area contributed by atoms with E-state index in [0.29, 0.717) is 19.0 Å². The molecule has 1 unspecified atom stereocenters. The lowest BCUT2D eigenvalue weighted by atomic mass is 9.99. The predicted octanol–water partition coefficient (Wildman–Crippen LogP) is 2.85. The summed E-state index contributed by atoms with van der Waals surface area (Å²) in [6, 6.07) is 8.18. The lowest BCUT2D eigenvalue weighted by Crippen LogP contribution is -2.44. The van der Waals surface area contributed by atoms with Gasteiger partial charge in [0, 0.05) is 6.54 Å². The summed E-state index contributed by atoms with van der Waals surface area (Å²) in [5, 5.41) is 20.7. The number of nitrogens with zero attached hydrogens (tertiary/aromatic N) is 1. The Labute approximate surface area is 140 Å². The van der Waals surface area contributed by atoms with Crippen molar-refractivity contribution >= 4 is 17.3 Å². The molecule has 0 amide bonds. The third kappa shape index (κ3) is 5.33. The Morgan fingerprint density at radius 3 is 2.61 bits per heavy atom. The van der Waals surface area contributed by atoms with Gasteiger partial charge < -0.3 is 15.7 Å². The van der Waals surface area contributed by atoms with Crippen molar-refractivity contribution in [1.29, 1.82) is 0 Å². The summed E-state index contributed by atoms with van der Waals surface area (Å²) in [5.41, 5.74) is 0.837. The number of aliphatic imine (C=N–C) groups is 1. The highest BCUT2D eigenvalue weighted by Gasteiger charge is 2.23. The second kappa shape index (κ2) is 8.08. The van der Waals surface area contributed by atoms with E-state index in [9.17, 15) is 9.50 Å². The summed E-state index contributed by atoms with van der Waals surface area (Å²) >= 11 is 1.56. The number of rotatable bonds is 6. The molecule has 0 spiro atoms. The molecule has 0 bridgehead atoms. The minimum atomic E-state index is -0.966. The Kier molecular flexibility index (Phi) is 6.12. The zero-order valence-electron chi connectivity index (χ0n) is 13.3. The maximum absolute atomic E-state index is 12.9. The van der Waals surface area contributed by atoms with Gasteiger partial charge in [0.25, 0.3) is 0 Å². The highest BCUT2D eigenvalue weighted by Crippen LogP contribution is 2.21. The van der Waals surface area contributed by atoms with Crippen molar-refractivity contribution in [1.82, 2.24) is 10.6 Å². The number of halogens is 1. The van der Waals surface area contributed by atoms with E-state index in [1.165, 1.54) is 12.1 Å². The summed E-state index contributed by atoms with van der Waals surface area (Å²) < 4.78 is 12.9. The molecule has 1 heterocycles. The number of aliphatic hydroxyl groups is 1. The molecule has 0 saturated carbocycles. The van der Waals surface area contributed by atoms with E-state index in [1.54, 1.807) is 30.4 Å². The first kappa shape index (κ1) is 17.4. The molecule has 1 aromatic heterocycles. The fourth-order valence-electron chi connectivity index (χ4n) is 2.03. The van der Waals surface area contributed by atoms with Gasteiger partial charge in [-0.15, -0.1) is 0 Å². The monoisotopic (exact) mass is 335 g/mol. The van der Waals surface area contributed by atoms with Gasteiger partial charge in [0.05, 0.1) is 13.1 Å². The molecule has 1 aromatic carbocycles. The number of guanidine groups is 1. The van der Waals surface area contributed by atoms with Crippen molar-refractivity contribution in [3.63, 3.8) is 0 Å². The van der Waals surface area contributed by atoms with Crippen molar-refractivity contribution in [3.8, 4) is 0 Å². The molecular formula is C17H22FN3OS. The van der Waals surface area contributed by atoms with Gasteiger partial charge in [-0.1, -0.05) is 12.1 Å². The fraction of sp³-hybridized carbons (Fsp3) is 0.353. The highest BCUT2D eigenvalue weighted by molar-refractivity contribution is 7.08. The Hall–Kier alpha value is -1.92. The number of benzene rings is 1. The van der Waals surface area contributed by atoms with E-state index in [1.807, 2.05) is 23.8 Å². The molecule has 2 rings (SSSR count). The zero-order valence-corrected chi connectivity index (χ0v) is 14.2. The topological polar surface area (TPSA) is 56.7 Å². The van der Waals surface area contributed by atoms with Gasteiger partial charge in [-0.3, -0.25) is 0 Å². The first-order valence-corrected chi connectivity index (χ1v) is 8.47. The second-order valence-electron chi connectivity index (χ2n) is 5.46. The number of thiophene rings is 1. The summed E-state index contributed by atoms with van der Waals surface area (Å²) in [7, 11) is 0. The SMILES string of the molecule is CCNC(=NCc1ccc(F)cc1)NCC(C)(O)c1ccsc1. The normalized spacial score (nSPS) is 14.3. The molecule has 6 heteroatoms. The average Bonchev–Trinajstić information content (AvgIpc) is 3.07. The predicted molar refractivity (Wildman–Crippen MR) is 93.1 cm³/mol.